The van der Waals surface area contributed by atoms with E-state index in [0.717, 1.165) is 23.4 Å². The molecule has 2 atom stereocenters. The maximum absolute atomic E-state index is 12.7. The average molecular weight is 276 g/mol. The summed E-state index contributed by atoms with van der Waals surface area (Å²) in [6.45, 7) is 4.18. The molecule has 0 aromatic carbocycles. The standard InChI is InChI=1S/C13H19F3N2O/c1-8-12(9(2)19-18-8)7-17-11-5-3-4-10(6-11)13(14,15)16/h10-11,17H,3-7H2,1-2H3/t10-,11+/m1/s1. The van der Waals surface area contributed by atoms with Crippen molar-refractivity contribution in [2.75, 3.05) is 0 Å². The molecule has 0 amide bonds. The molecule has 1 N–H and O–H groups in total. The predicted molar refractivity (Wildman–Crippen MR) is 64.6 cm³/mol. The maximum Gasteiger partial charge on any atom is 0.391 e. The van der Waals surface area contributed by atoms with Crippen LogP contribution in [0.2, 0.25) is 0 Å². The van der Waals surface area contributed by atoms with Gasteiger partial charge in [-0.2, -0.15) is 13.2 Å². The Balaban J connectivity index is 1.90. The van der Waals surface area contributed by atoms with Crippen molar-refractivity contribution < 1.29 is 17.7 Å². The van der Waals surface area contributed by atoms with Crippen LogP contribution >= 0.6 is 0 Å². The quantitative estimate of drug-likeness (QED) is 0.918. The summed E-state index contributed by atoms with van der Waals surface area (Å²) in [5.41, 5.74) is 1.75. The predicted octanol–water partition coefficient (Wildman–Crippen LogP) is 3.50. The third kappa shape index (κ3) is 3.49. The zero-order valence-electron chi connectivity index (χ0n) is 11.2. The second kappa shape index (κ2) is 5.53. The summed E-state index contributed by atoms with van der Waals surface area (Å²) in [7, 11) is 0. The molecule has 0 bridgehead atoms. The fourth-order valence-electron chi connectivity index (χ4n) is 2.67. The van der Waals surface area contributed by atoms with Crippen LogP contribution in [0.4, 0.5) is 13.2 Å². The fourth-order valence-corrected chi connectivity index (χ4v) is 2.67. The first-order chi connectivity index (χ1) is 8.88. The third-order valence-corrected chi connectivity index (χ3v) is 3.89. The highest BCUT2D eigenvalue weighted by molar-refractivity contribution is 5.20. The molecule has 0 unspecified atom stereocenters. The number of hydrogen-bond donors (Lipinski definition) is 1. The molecule has 6 heteroatoms. The normalized spacial score (nSPS) is 24.7. The van der Waals surface area contributed by atoms with E-state index in [0.29, 0.717) is 13.0 Å². The highest BCUT2D eigenvalue weighted by Gasteiger charge is 2.42. The van der Waals surface area contributed by atoms with Gasteiger partial charge in [-0.15, -0.1) is 0 Å². The highest BCUT2D eigenvalue weighted by Crippen LogP contribution is 2.37. The monoisotopic (exact) mass is 276 g/mol. The van der Waals surface area contributed by atoms with Crippen molar-refractivity contribution in [3.05, 3.63) is 17.0 Å². The molecule has 1 heterocycles. The van der Waals surface area contributed by atoms with Crippen molar-refractivity contribution in [3.63, 3.8) is 0 Å². The van der Waals surface area contributed by atoms with E-state index in [1.807, 2.05) is 13.8 Å². The molecule has 19 heavy (non-hydrogen) atoms. The van der Waals surface area contributed by atoms with Crippen molar-refractivity contribution in [1.29, 1.82) is 0 Å². The van der Waals surface area contributed by atoms with Gasteiger partial charge in [-0.1, -0.05) is 11.6 Å². The Kier molecular flexibility index (Phi) is 4.18. The second-order valence-electron chi connectivity index (χ2n) is 5.29. The van der Waals surface area contributed by atoms with E-state index < -0.39 is 12.1 Å². The van der Waals surface area contributed by atoms with E-state index in [4.69, 9.17) is 4.52 Å². The van der Waals surface area contributed by atoms with Gasteiger partial charge in [0.1, 0.15) is 5.76 Å². The highest BCUT2D eigenvalue weighted by atomic mass is 19.4. The van der Waals surface area contributed by atoms with Crippen LogP contribution in [-0.4, -0.2) is 17.4 Å². The van der Waals surface area contributed by atoms with Crippen molar-refractivity contribution >= 4 is 0 Å². The van der Waals surface area contributed by atoms with Crippen molar-refractivity contribution in [2.24, 2.45) is 5.92 Å². The van der Waals surface area contributed by atoms with Gasteiger partial charge in [0.05, 0.1) is 11.6 Å². The zero-order chi connectivity index (χ0) is 14.0. The number of alkyl halides is 3. The molecule has 1 saturated carbocycles. The van der Waals surface area contributed by atoms with Crippen LogP contribution in [0.15, 0.2) is 4.52 Å². The second-order valence-corrected chi connectivity index (χ2v) is 5.29. The van der Waals surface area contributed by atoms with E-state index in [1.54, 1.807) is 0 Å². The minimum absolute atomic E-state index is 0.0749. The van der Waals surface area contributed by atoms with Gasteiger partial charge in [-0.25, -0.2) is 0 Å². The molecule has 0 aliphatic heterocycles. The molecule has 1 aliphatic carbocycles. The zero-order valence-corrected chi connectivity index (χ0v) is 11.2. The van der Waals surface area contributed by atoms with E-state index in [9.17, 15) is 13.2 Å². The molecule has 1 aromatic heterocycles. The van der Waals surface area contributed by atoms with E-state index in [2.05, 4.69) is 10.5 Å². The molecular weight excluding hydrogens is 257 g/mol. The lowest BCUT2D eigenvalue weighted by atomic mass is 9.85. The Hall–Kier alpha value is -1.04. The molecule has 108 valence electrons. The van der Waals surface area contributed by atoms with Gasteiger partial charge in [0.25, 0.3) is 0 Å². The van der Waals surface area contributed by atoms with Gasteiger partial charge in [-0.05, 0) is 33.1 Å². The maximum atomic E-state index is 12.7. The Morgan fingerprint density at radius 2 is 2.05 bits per heavy atom. The molecule has 0 spiro atoms. The summed E-state index contributed by atoms with van der Waals surface area (Å²) in [5, 5.41) is 7.05. The smallest absolute Gasteiger partial charge is 0.361 e. The number of rotatable bonds is 3. The van der Waals surface area contributed by atoms with Gasteiger partial charge in [0, 0.05) is 18.2 Å². The topological polar surface area (TPSA) is 38.1 Å². The van der Waals surface area contributed by atoms with Crippen LogP contribution in [0, 0.1) is 19.8 Å². The minimum Gasteiger partial charge on any atom is -0.361 e. The fraction of sp³-hybridized carbons (Fsp3) is 0.769. The minimum atomic E-state index is -4.07. The van der Waals surface area contributed by atoms with Gasteiger partial charge in [-0.3, -0.25) is 0 Å². The summed E-state index contributed by atoms with van der Waals surface area (Å²) in [4.78, 5) is 0. The van der Waals surface area contributed by atoms with Gasteiger partial charge >= 0.3 is 6.18 Å². The lowest BCUT2D eigenvalue weighted by molar-refractivity contribution is -0.183. The number of aromatic nitrogens is 1. The number of halogens is 3. The first-order valence-electron chi connectivity index (χ1n) is 6.59. The van der Waals surface area contributed by atoms with E-state index in [1.165, 1.54) is 0 Å². The number of nitrogens with zero attached hydrogens (tertiary/aromatic N) is 1. The number of hydrogen-bond acceptors (Lipinski definition) is 3. The SMILES string of the molecule is Cc1noc(C)c1CN[C@H]1CCC[C@@H](C(F)(F)F)C1. The van der Waals surface area contributed by atoms with Crippen LogP contribution in [0.1, 0.15) is 42.7 Å². The molecular formula is C13H19F3N2O. The molecule has 3 nitrogen and oxygen atoms in total. The Morgan fingerprint density at radius 1 is 1.32 bits per heavy atom. The van der Waals surface area contributed by atoms with Gasteiger partial charge < -0.3 is 9.84 Å². The van der Waals surface area contributed by atoms with Crippen molar-refractivity contribution in [1.82, 2.24) is 10.5 Å². The summed E-state index contributed by atoms with van der Waals surface area (Å²) in [5.74, 6) is -0.434. The third-order valence-electron chi connectivity index (χ3n) is 3.89. The molecule has 2 rings (SSSR count). The van der Waals surface area contributed by atoms with Crippen LogP contribution < -0.4 is 5.32 Å². The number of nitrogens with one attached hydrogen (secondary N) is 1. The Labute approximate surface area is 110 Å². The molecule has 0 radical (unpaired) electrons. The lowest BCUT2D eigenvalue weighted by Gasteiger charge is -2.31. The molecule has 1 fully saturated rings. The van der Waals surface area contributed by atoms with Crippen LogP contribution in [0.25, 0.3) is 0 Å². The first kappa shape index (κ1) is 14.4. The molecule has 1 aromatic rings. The summed E-state index contributed by atoms with van der Waals surface area (Å²) in [6.07, 6.45) is -2.21. The Morgan fingerprint density at radius 3 is 2.63 bits per heavy atom. The van der Waals surface area contributed by atoms with Crippen molar-refractivity contribution in [3.8, 4) is 0 Å². The van der Waals surface area contributed by atoms with Crippen LogP contribution in [-0.2, 0) is 6.54 Å². The lowest BCUT2D eigenvalue weighted by Crippen LogP contribution is -2.38. The van der Waals surface area contributed by atoms with E-state index in [-0.39, 0.29) is 18.9 Å². The molecule has 1 aliphatic rings. The van der Waals surface area contributed by atoms with Gasteiger partial charge in [0.2, 0.25) is 0 Å². The summed E-state index contributed by atoms with van der Waals surface area (Å²) < 4.78 is 43.2. The largest absolute Gasteiger partial charge is 0.391 e. The van der Waals surface area contributed by atoms with E-state index >= 15 is 0 Å². The van der Waals surface area contributed by atoms with Crippen LogP contribution in [0.5, 0.6) is 0 Å². The van der Waals surface area contributed by atoms with Crippen LogP contribution in [0.3, 0.4) is 0 Å². The Bertz CT molecular complexity index is 409. The molecule has 0 saturated heterocycles. The average Bonchev–Trinajstić information content (AvgIpc) is 2.66. The summed E-state index contributed by atoms with van der Waals surface area (Å²) in [6, 6.07) is -0.0749. The first-order valence-corrected chi connectivity index (χ1v) is 6.59. The van der Waals surface area contributed by atoms with Crippen molar-refractivity contribution in [2.45, 2.75) is 58.3 Å². The summed E-state index contributed by atoms with van der Waals surface area (Å²) >= 11 is 0. The number of aryl methyl sites for hydroxylation is 2. The van der Waals surface area contributed by atoms with Gasteiger partial charge in [0.15, 0.2) is 0 Å².